The molecule has 0 bridgehead atoms. The molecule has 0 amide bonds. The first-order valence-corrected chi connectivity index (χ1v) is 7.63. The van der Waals surface area contributed by atoms with Crippen molar-refractivity contribution in [1.29, 1.82) is 0 Å². The molecule has 1 aromatic carbocycles. The van der Waals surface area contributed by atoms with E-state index in [0.29, 0.717) is 6.54 Å². The number of fused-ring (bicyclic) bond motifs is 1. The van der Waals surface area contributed by atoms with Crippen molar-refractivity contribution in [3.8, 4) is 5.75 Å². The molecule has 0 aliphatic carbocycles. The molecule has 1 unspecified atom stereocenters. The van der Waals surface area contributed by atoms with Gasteiger partial charge in [0.1, 0.15) is 11.4 Å². The maximum atomic E-state index is 10.4. The zero-order valence-corrected chi connectivity index (χ0v) is 13.1. The standard InChI is InChI=1S/C17H27NO2/c1-5-17(19,6-2)12-18-14-11-16(3,4)20-15-10-8-7-9-13(14)15/h7-10,14,18-19H,5-6,11-12H2,1-4H3. The second-order valence-corrected chi connectivity index (χ2v) is 6.47. The molecular formula is C17H27NO2. The van der Waals surface area contributed by atoms with Crippen LogP contribution in [0.1, 0.15) is 58.6 Å². The van der Waals surface area contributed by atoms with E-state index in [9.17, 15) is 5.11 Å². The number of hydrogen-bond acceptors (Lipinski definition) is 3. The molecule has 3 heteroatoms. The third-order valence-corrected chi connectivity index (χ3v) is 4.37. The first kappa shape index (κ1) is 15.3. The van der Waals surface area contributed by atoms with Crippen LogP contribution in [0, 0.1) is 0 Å². The van der Waals surface area contributed by atoms with Gasteiger partial charge in [-0.2, -0.15) is 0 Å². The van der Waals surface area contributed by atoms with Crippen LogP contribution in [0.4, 0.5) is 0 Å². The molecule has 20 heavy (non-hydrogen) atoms. The molecule has 1 aromatic rings. The van der Waals surface area contributed by atoms with E-state index in [1.807, 2.05) is 32.0 Å². The Morgan fingerprint density at radius 2 is 1.95 bits per heavy atom. The molecule has 1 heterocycles. The number of hydrogen-bond donors (Lipinski definition) is 2. The van der Waals surface area contributed by atoms with Gasteiger partial charge in [-0.3, -0.25) is 0 Å². The van der Waals surface area contributed by atoms with Crippen LogP contribution in [-0.2, 0) is 0 Å². The molecule has 0 fully saturated rings. The fourth-order valence-electron chi connectivity index (χ4n) is 2.80. The lowest BCUT2D eigenvalue weighted by molar-refractivity contribution is 0.0197. The van der Waals surface area contributed by atoms with Gasteiger partial charge in [-0.25, -0.2) is 0 Å². The van der Waals surface area contributed by atoms with Gasteiger partial charge in [0.05, 0.1) is 5.60 Å². The summed E-state index contributed by atoms with van der Waals surface area (Å²) < 4.78 is 6.03. The van der Waals surface area contributed by atoms with Crippen LogP contribution in [0.2, 0.25) is 0 Å². The molecule has 1 aliphatic heterocycles. The van der Waals surface area contributed by atoms with Crippen molar-refractivity contribution < 1.29 is 9.84 Å². The predicted molar refractivity (Wildman–Crippen MR) is 82.0 cm³/mol. The molecule has 1 atom stereocenters. The summed E-state index contributed by atoms with van der Waals surface area (Å²) in [6, 6.07) is 8.42. The van der Waals surface area contributed by atoms with E-state index >= 15 is 0 Å². The van der Waals surface area contributed by atoms with E-state index in [1.54, 1.807) is 0 Å². The lowest BCUT2D eigenvalue weighted by Gasteiger charge is -2.39. The van der Waals surface area contributed by atoms with Crippen molar-refractivity contribution >= 4 is 0 Å². The van der Waals surface area contributed by atoms with Gasteiger partial charge >= 0.3 is 0 Å². The summed E-state index contributed by atoms with van der Waals surface area (Å²) in [6.45, 7) is 8.92. The lowest BCUT2D eigenvalue weighted by Crippen LogP contribution is -2.45. The summed E-state index contributed by atoms with van der Waals surface area (Å²) in [5.74, 6) is 0.956. The highest BCUT2D eigenvalue weighted by Gasteiger charge is 2.34. The Hall–Kier alpha value is -1.06. The monoisotopic (exact) mass is 277 g/mol. The zero-order chi connectivity index (χ0) is 14.8. The number of nitrogens with one attached hydrogen (secondary N) is 1. The summed E-state index contributed by atoms with van der Waals surface area (Å²) in [4.78, 5) is 0. The minimum absolute atomic E-state index is 0.178. The molecule has 1 aliphatic rings. The topological polar surface area (TPSA) is 41.5 Å². The largest absolute Gasteiger partial charge is 0.487 e. The second kappa shape index (κ2) is 5.74. The molecule has 0 saturated heterocycles. The number of para-hydroxylation sites is 1. The molecular weight excluding hydrogens is 250 g/mol. The van der Waals surface area contributed by atoms with Crippen molar-refractivity contribution in [1.82, 2.24) is 5.32 Å². The molecule has 0 aromatic heterocycles. The fourth-order valence-corrected chi connectivity index (χ4v) is 2.80. The van der Waals surface area contributed by atoms with Gasteiger partial charge in [0.2, 0.25) is 0 Å². The van der Waals surface area contributed by atoms with E-state index in [1.165, 1.54) is 5.56 Å². The minimum Gasteiger partial charge on any atom is -0.487 e. The zero-order valence-electron chi connectivity index (χ0n) is 13.1. The third-order valence-electron chi connectivity index (χ3n) is 4.37. The van der Waals surface area contributed by atoms with Gasteiger partial charge in [0, 0.05) is 24.6 Å². The van der Waals surface area contributed by atoms with Crippen LogP contribution in [-0.4, -0.2) is 22.9 Å². The van der Waals surface area contributed by atoms with Gasteiger partial charge in [0.25, 0.3) is 0 Å². The van der Waals surface area contributed by atoms with Gasteiger partial charge in [-0.15, -0.1) is 0 Å². The van der Waals surface area contributed by atoms with Gasteiger partial charge in [0.15, 0.2) is 0 Å². The Kier molecular flexibility index (Phi) is 4.40. The summed E-state index contributed by atoms with van der Waals surface area (Å²) in [5.41, 5.74) is 0.404. The molecule has 2 N–H and O–H groups in total. The van der Waals surface area contributed by atoms with Crippen molar-refractivity contribution in [2.24, 2.45) is 0 Å². The van der Waals surface area contributed by atoms with Gasteiger partial charge in [-0.1, -0.05) is 32.0 Å². The number of ether oxygens (including phenoxy) is 1. The smallest absolute Gasteiger partial charge is 0.124 e. The minimum atomic E-state index is -0.614. The Labute approximate surface area is 122 Å². The third kappa shape index (κ3) is 3.33. The van der Waals surface area contributed by atoms with Crippen LogP contribution in [0.25, 0.3) is 0 Å². The average Bonchev–Trinajstić information content (AvgIpc) is 2.43. The summed E-state index contributed by atoms with van der Waals surface area (Å²) in [7, 11) is 0. The highest BCUT2D eigenvalue weighted by molar-refractivity contribution is 5.38. The Bertz CT molecular complexity index is 452. The SMILES string of the molecule is CCC(O)(CC)CNC1CC(C)(C)Oc2ccccc21. The quantitative estimate of drug-likeness (QED) is 0.866. The normalized spacial score (nSPS) is 21.1. The Balaban J connectivity index is 2.15. The highest BCUT2D eigenvalue weighted by Crippen LogP contribution is 2.39. The summed E-state index contributed by atoms with van der Waals surface area (Å²) >= 11 is 0. The number of benzene rings is 1. The van der Waals surface area contributed by atoms with Gasteiger partial charge in [-0.05, 0) is 32.8 Å². The van der Waals surface area contributed by atoms with Crippen LogP contribution in [0.3, 0.4) is 0 Å². The maximum absolute atomic E-state index is 10.4. The highest BCUT2D eigenvalue weighted by atomic mass is 16.5. The van der Waals surface area contributed by atoms with E-state index in [4.69, 9.17) is 4.74 Å². The first-order chi connectivity index (χ1) is 9.39. The van der Waals surface area contributed by atoms with E-state index in [2.05, 4.69) is 25.2 Å². The molecule has 112 valence electrons. The summed E-state index contributed by atoms with van der Waals surface area (Å²) in [6.07, 6.45) is 2.45. The van der Waals surface area contributed by atoms with Crippen molar-refractivity contribution in [2.45, 2.75) is 64.2 Å². The molecule has 3 nitrogen and oxygen atoms in total. The fraction of sp³-hybridized carbons (Fsp3) is 0.647. The van der Waals surface area contributed by atoms with E-state index < -0.39 is 5.60 Å². The Morgan fingerprint density at radius 3 is 2.60 bits per heavy atom. The number of aliphatic hydroxyl groups is 1. The van der Waals surface area contributed by atoms with Crippen molar-refractivity contribution in [3.05, 3.63) is 29.8 Å². The van der Waals surface area contributed by atoms with Crippen LogP contribution in [0.5, 0.6) is 5.75 Å². The lowest BCUT2D eigenvalue weighted by atomic mass is 9.88. The second-order valence-electron chi connectivity index (χ2n) is 6.47. The van der Waals surface area contributed by atoms with E-state index in [0.717, 1.165) is 25.0 Å². The van der Waals surface area contributed by atoms with E-state index in [-0.39, 0.29) is 11.6 Å². The van der Waals surface area contributed by atoms with Crippen molar-refractivity contribution in [3.63, 3.8) is 0 Å². The number of rotatable bonds is 5. The molecule has 0 spiro atoms. The predicted octanol–water partition coefficient (Wildman–Crippen LogP) is 3.43. The van der Waals surface area contributed by atoms with Crippen molar-refractivity contribution in [2.75, 3.05) is 6.54 Å². The molecule has 2 rings (SSSR count). The van der Waals surface area contributed by atoms with Crippen LogP contribution >= 0.6 is 0 Å². The van der Waals surface area contributed by atoms with Gasteiger partial charge < -0.3 is 15.2 Å². The summed E-state index contributed by atoms with van der Waals surface area (Å²) in [5, 5.41) is 14.0. The molecule has 0 saturated carbocycles. The Morgan fingerprint density at radius 1 is 1.30 bits per heavy atom. The van der Waals surface area contributed by atoms with Crippen LogP contribution < -0.4 is 10.1 Å². The first-order valence-electron chi connectivity index (χ1n) is 7.63. The van der Waals surface area contributed by atoms with Crippen LogP contribution in [0.15, 0.2) is 24.3 Å². The average molecular weight is 277 g/mol. The maximum Gasteiger partial charge on any atom is 0.124 e. The molecule has 0 radical (unpaired) electrons.